The first kappa shape index (κ1) is 19.5. The Balaban J connectivity index is 1.54. The summed E-state index contributed by atoms with van der Waals surface area (Å²) in [5.41, 5.74) is 2.27. The van der Waals surface area contributed by atoms with E-state index in [1.165, 1.54) is 0 Å². The summed E-state index contributed by atoms with van der Waals surface area (Å²) in [4.78, 5) is 11.8. The minimum Gasteiger partial charge on any atom is -0.355 e. The van der Waals surface area contributed by atoms with Crippen LogP contribution in [0.4, 0.5) is 0 Å². The second-order valence-electron chi connectivity index (χ2n) is 5.12. The van der Waals surface area contributed by atoms with Crippen molar-refractivity contribution < 1.29 is 4.79 Å². The highest BCUT2D eigenvalue weighted by Crippen LogP contribution is 2.20. The third-order valence-electron chi connectivity index (χ3n) is 3.17. The van der Waals surface area contributed by atoms with Gasteiger partial charge < -0.3 is 5.32 Å². The number of halogens is 2. The second kappa shape index (κ2) is 10.9. The van der Waals surface area contributed by atoms with Crippen molar-refractivity contribution in [3.8, 4) is 0 Å². The molecule has 0 aliphatic rings. The Labute approximate surface area is 161 Å². The number of nitrogens with one attached hydrogen (secondary N) is 1. The molecule has 0 atom stereocenters. The Morgan fingerprint density at radius 2 is 1.83 bits per heavy atom. The van der Waals surface area contributed by atoms with E-state index >= 15 is 0 Å². The fourth-order valence-corrected chi connectivity index (χ4v) is 4.16. The first-order valence-electron chi connectivity index (χ1n) is 7.55. The second-order valence-corrected chi connectivity index (χ2v) is 8.05. The fourth-order valence-electron chi connectivity index (χ4n) is 2.00. The Morgan fingerprint density at radius 3 is 2.62 bits per heavy atom. The lowest BCUT2D eigenvalue weighted by Crippen LogP contribution is -2.27. The van der Waals surface area contributed by atoms with Gasteiger partial charge >= 0.3 is 0 Å². The van der Waals surface area contributed by atoms with Crippen molar-refractivity contribution in [2.24, 2.45) is 0 Å². The van der Waals surface area contributed by atoms with Gasteiger partial charge in [0.1, 0.15) is 0 Å². The van der Waals surface area contributed by atoms with Gasteiger partial charge in [0, 0.05) is 33.8 Å². The zero-order valence-corrected chi connectivity index (χ0v) is 16.3. The van der Waals surface area contributed by atoms with Crippen LogP contribution in [0.2, 0.25) is 10.0 Å². The zero-order chi connectivity index (χ0) is 17.2. The summed E-state index contributed by atoms with van der Waals surface area (Å²) in [5.74, 6) is 3.05. The summed E-state index contributed by atoms with van der Waals surface area (Å²) in [6.45, 7) is 0.672. The largest absolute Gasteiger partial charge is 0.355 e. The molecule has 2 nitrogen and oxygen atoms in total. The molecule has 0 bridgehead atoms. The molecule has 1 amide bonds. The van der Waals surface area contributed by atoms with Gasteiger partial charge in [-0.3, -0.25) is 4.79 Å². The van der Waals surface area contributed by atoms with Gasteiger partial charge in [-0.15, -0.1) is 11.8 Å². The lowest BCUT2D eigenvalue weighted by Gasteiger charge is -2.06. The quantitative estimate of drug-likeness (QED) is 0.581. The van der Waals surface area contributed by atoms with Gasteiger partial charge in [0.05, 0.1) is 5.75 Å². The van der Waals surface area contributed by atoms with Crippen molar-refractivity contribution in [2.75, 3.05) is 18.1 Å². The molecule has 2 rings (SSSR count). The molecule has 0 heterocycles. The van der Waals surface area contributed by atoms with E-state index in [-0.39, 0.29) is 5.91 Å². The van der Waals surface area contributed by atoms with E-state index in [1.54, 1.807) is 23.5 Å². The van der Waals surface area contributed by atoms with E-state index in [9.17, 15) is 4.79 Å². The van der Waals surface area contributed by atoms with Crippen molar-refractivity contribution in [3.05, 3.63) is 69.7 Å². The van der Waals surface area contributed by atoms with Gasteiger partial charge in [0.25, 0.3) is 0 Å². The Morgan fingerprint density at radius 1 is 1.00 bits per heavy atom. The van der Waals surface area contributed by atoms with Gasteiger partial charge in [-0.25, -0.2) is 0 Å². The van der Waals surface area contributed by atoms with E-state index < -0.39 is 0 Å². The van der Waals surface area contributed by atoms with E-state index in [0.717, 1.165) is 38.4 Å². The van der Waals surface area contributed by atoms with Crippen LogP contribution in [0, 0.1) is 0 Å². The van der Waals surface area contributed by atoms with Crippen LogP contribution in [0.3, 0.4) is 0 Å². The maximum atomic E-state index is 11.8. The summed E-state index contributed by atoms with van der Waals surface area (Å²) in [5, 5.41) is 4.47. The van der Waals surface area contributed by atoms with Crippen LogP contribution in [-0.2, 0) is 16.3 Å². The summed E-state index contributed by atoms with van der Waals surface area (Å²) in [6, 6.07) is 15.6. The minimum atomic E-state index is 0.0698. The Kier molecular flexibility index (Phi) is 8.89. The maximum absolute atomic E-state index is 11.8. The molecule has 2 aromatic carbocycles. The highest BCUT2D eigenvalue weighted by Gasteiger charge is 2.03. The van der Waals surface area contributed by atoms with E-state index in [1.807, 2.05) is 48.5 Å². The molecule has 0 saturated carbocycles. The van der Waals surface area contributed by atoms with Crippen LogP contribution < -0.4 is 5.32 Å². The summed E-state index contributed by atoms with van der Waals surface area (Å²) in [7, 11) is 0. The molecule has 6 heteroatoms. The normalized spacial score (nSPS) is 10.6. The molecule has 0 unspecified atom stereocenters. The number of hydrogen-bond donors (Lipinski definition) is 1. The van der Waals surface area contributed by atoms with Crippen LogP contribution in [0.15, 0.2) is 48.5 Å². The number of carbonyl (C=O) groups is 1. The molecule has 128 valence electrons. The van der Waals surface area contributed by atoms with Gasteiger partial charge in [-0.2, -0.15) is 11.8 Å². The van der Waals surface area contributed by atoms with Crippen molar-refractivity contribution in [1.82, 2.24) is 5.32 Å². The lowest BCUT2D eigenvalue weighted by atomic mass is 10.2. The van der Waals surface area contributed by atoms with Crippen LogP contribution in [-0.4, -0.2) is 24.0 Å². The molecule has 2 aromatic rings. The first-order chi connectivity index (χ1) is 11.6. The SMILES string of the molecule is O=C(CSCc1cccc(Cl)c1)NCCSCc1ccccc1Cl. The van der Waals surface area contributed by atoms with Gasteiger partial charge in [-0.1, -0.05) is 53.5 Å². The molecule has 0 fully saturated rings. The average molecular weight is 400 g/mol. The molecule has 0 aromatic heterocycles. The summed E-state index contributed by atoms with van der Waals surface area (Å²) in [6.07, 6.45) is 0. The molecular weight excluding hydrogens is 381 g/mol. The smallest absolute Gasteiger partial charge is 0.230 e. The highest BCUT2D eigenvalue weighted by molar-refractivity contribution is 7.99. The standard InChI is InChI=1S/C18H19Cl2NOS2/c19-16-6-3-4-14(10-16)11-24-13-18(22)21-8-9-23-12-15-5-1-2-7-17(15)20/h1-7,10H,8-9,11-13H2,(H,21,22). The Hall–Kier alpha value is -0.810. The molecule has 1 N–H and O–H groups in total. The number of rotatable bonds is 9. The molecule has 0 saturated heterocycles. The zero-order valence-electron chi connectivity index (χ0n) is 13.1. The van der Waals surface area contributed by atoms with Crippen molar-refractivity contribution in [2.45, 2.75) is 11.5 Å². The van der Waals surface area contributed by atoms with E-state index in [2.05, 4.69) is 5.32 Å². The highest BCUT2D eigenvalue weighted by atomic mass is 35.5. The van der Waals surface area contributed by atoms with Crippen LogP contribution >= 0.6 is 46.7 Å². The predicted octanol–water partition coefficient (Wildman–Crippen LogP) is 5.28. The molecule has 24 heavy (non-hydrogen) atoms. The summed E-state index contributed by atoms with van der Waals surface area (Å²) < 4.78 is 0. The molecule has 0 aliphatic carbocycles. The summed E-state index contributed by atoms with van der Waals surface area (Å²) >= 11 is 15.4. The number of carbonyl (C=O) groups excluding carboxylic acids is 1. The topological polar surface area (TPSA) is 29.1 Å². The number of hydrogen-bond acceptors (Lipinski definition) is 3. The Bertz CT molecular complexity index is 667. The van der Waals surface area contributed by atoms with Gasteiger partial charge in [-0.05, 0) is 29.3 Å². The molecule has 0 aliphatic heterocycles. The minimum absolute atomic E-state index is 0.0698. The third-order valence-corrected chi connectivity index (χ3v) is 5.79. The van der Waals surface area contributed by atoms with E-state index in [0.29, 0.717) is 12.3 Å². The molecule has 0 spiro atoms. The molecule has 0 radical (unpaired) electrons. The van der Waals surface area contributed by atoms with Gasteiger partial charge in [0.15, 0.2) is 0 Å². The number of amides is 1. The van der Waals surface area contributed by atoms with Crippen LogP contribution in [0.5, 0.6) is 0 Å². The monoisotopic (exact) mass is 399 g/mol. The van der Waals surface area contributed by atoms with Crippen LogP contribution in [0.1, 0.15) is 11.1 Å². The lowest BCUT2D eigenvalue weighted by molar-refractivity contribution is -0.118. The predicted molar refractivity (Wildman–Crippen MR) is 108 cm³/mol. The van der Waals surface area contributed by atoms with Crippen LogP contribution in [0.25, 0.3) is 0 Å². The number of thioether (sulfide) groups is 2. The van der Waals surface area contributed by atoms with Crippen molar-refractivity contribution in [1.29, 1.82) is 0 Å². The van der Waals surface area contributed by atoms with Gasteiger partial charge in [0.2, 0.25) is 5.91 Å². The van der Waals surface area contributed by atoms with E-state index in [4.69, 9.17) is 23.2 Å². The fraction of sp³-hybridized carbons (Fsp3) is 0.278. The van der Waals surface area contributed by atoms with Crippen molar-refractivity contribution in [3.63, 3.8) is 0 Å². The third kappa shape index (κ3) is 7.39. The maximum Gasteiger partial charge on any atom is 0.230 e. The first-order valence-corrected chi connectivity index (χ1v) is 10.6. The van der Waals surface area contributed by atoms with Crippen molar-refractivity contribution >= 4 is 52.6 Å². The average Bonchev–Trinajstić information content (AvgIpc) is 2.56. The number of benzene rings is 2. The molecular formula is C18H19Cl2NOS2.